The minimum Gasteiger partial charge on any atom is -0.200 e. The summed E-state index contributed by atoms with van der Waals surface area (Å²) in [6.07, 6.45) is -21.5. The molecule has 0 heterocycles. The Morgan fingerprint density at radius 2 is 0.545 bits per heavy atom. The predicted octanol–water partition coefficient (Wildman–Crippen LogP) is 9.88. The lowest BCUT2D eigenvalue weighted by Crippen LogP contribution is -2.70. The van der Waals surface area contributed by atoms with Crippen molar-refractivity contribution in [3.05, 3.63) is 0 Å². The molecule has 44 heavy (non-hydrogen) atoms. The molecule has 0 saturated carbocycles. The van der Waals surface area contributed by atoms with E-state index in [0.29, 0.717) is 0 Å². The van der Waals surface area contributed by atoms with Gasteiger partial charge in [0.25, 0.3) is 0 Å². The molecule has 26 heteroatoms. The van der Waals surface area contributed by atoms with Gasteiger partial charge in [0.05, 0.1) is 0 Å². The number of terminal acetylenes is 1. The maximum absolute atomic E-state index is 14.0. The largest absolute Gasteiger partial charge is 0.460 e. The van der Waals surface area contributed by atoms with Crippen LogP contribution >= 0.6 is 0 Å². The van der Waals surface area contributed by atoms with Crippen LogP contribution in [-0.2, 0) is 0 Å². The third kappa shape index (κ3) is 5.88. The van der Waals surface area contributed by atoms with Crippen molar-refractivity contribution >= 4 is 0 Å². The van der Waals surface area contributed by atoms with E-state index in [4.69, 9.17) is 0 Å². The highest BCUT2D eigenvalue weighted by atomic mass is 19.4. The summed E-state index contributed by atoms with van der Waals surface area (Å²) < 4.78 is 342. The summed E-state index contributed by atoms with van der Waals surface area (Å²) in [5.74, 6) is -85.2. The summed E-state index contributed by atoms with van der Waals surface area (Å²) in [5.41, 5.74) is 0. The molecule has 0 aromatic rings. The van der Waals surface area contributed by atoms with Crippen LogP contribution in [0.4, 0.5) is 114 Å². The molecule has 0 nitrogen and oxygen atoms in total. The topological polar surface area (TPSA) is 0 Å². The summed E-state index contributed by atoms with van der Waals surface area (Å²) in [7, 11) is 0. The Labute approximate surface area is 224 Å². The van der Waals surface area contributed by atoms with Crippen molar-refractivity contribution in [2.45, 2.75) is 90.8 Å². The molecule has 0 aliphatic rings. The highest BCUT2D eigenvalue weighted by molar-refractivity contribution is 5.13. The summed E-state index contributed by atoms with van der Waals surface area (Å²) in [5, 5.41) is 0. The minimum atomic E-state index is -8.56. The van der Waals surface area contributed by atoms with Gasteiger partial charge >= 0.3 is 71.6 Å². The van der Waals surface area contributed by atoms with Crippen LogP contribution in [0.15, 0.2) is 0 Å². The van der Waals surface area contributed by atoms with Crippen LogP contribution in [0.1, 0.15) is 19.3 Å². The fourth-order valence-corrected chi connectivity index (χ4v) is 2.97. The van der Waals surface area contributed by atoms with Gasteiger partial charge in [0.1, 0.15) is 0 Å². The van der Waals surface area contributed by atoms with Crippen molar-refractivity contribution in [1.82, 2.24) is 0 Å². The lowest BCUT2D eigenvalue weighted by atomic mass is 9.83. The van der Waals surface area contributed by atoms with Gasteiger partial charge in [0.15, 0.2) is 0 Å². The van der Waals surface area contributed by atoms with Crippen molar-refractivity contribution in [1.29, 1.82) is 0 Å². The first-order valence-corrected chi connectivity index (χ1v) is 9.99. The van der Waals surface area contributed by atoms with Gasteiger partial charge in [-0.15, -0.1) is 12.3 Å². The smallest absolute Gasteiger partial charge is 0.200 e. The second-order valence-corrected chi connectivity index (χ2v) is 8.68. The van der Waals surface area contributed by atoms with E-state index >= 15 is 0 Å². The Bertz CT molecular complexity index is 972. The van der Waals surface area contributed by atoms with Gasteiger partial charge in [-0.2, -0.15) is 114 Å². The molecule has 0 atom stereocenters. The Kier molecular flexibility index (Phi) is 10.4. The molecule has 0 radical (unpaired) electrons. The van der Waals surface area contributed by atoms with Gasteiger partial charge in [0.2, 0.25) is 0 Å². The Hall–Kier alpha value is -2.26. The minimum absolute atomic E-state index is 0.777. The van der Waals surface area contributed by atoms with E-state index in [2.05, 4.69) is 6.42 Å². The van der Waals surface area contributed by atoms with E-state index in [9.17, 15) is 114 Å². The first kappa shape index (κ1) is 41.7. The van der Waals surface area contributed by atoms with Crippen LogP contribution in [0.25, 0.3) is 0 Å². The predicted molar refractivity (Wildman–Crippen MR) is 87.8 cm³/mol. The molecule has 0 N–H and O–H groups in total. The molecular formula is C18H8F26. The second-order valence-electron chi connectivity index (χ2n) is 8.68. The number of hydrogen-bond donors (Lipinski definition) is 0. The van der Waals surface area contributed by atoms with Crippen molar-refractivity contribution in [3.63, 3.8) is 0 Å². The van der Waals surface area contributed by atoms with E-state index in [-0.39, 0.29) is 0 Å². The zero-order chi connectivity index (χ0) is 36.4. The maximum Gasteiger partial charge on any atom is 0.460 e. The van der Waals surface area contributed by atoms with E-state index in [1.54, 1.807) is 0 Å². The average molecular weight is 718 g/mol. The second kappa shape index (κ2) is 10.9. The molecule has 0 aliphatic carbocycles. The van der Waals surface area contributed by atoms with Gasteiger partial charge in [-0.1, -0.05) is 0 Å². The zero-order valence-electron chi connectivity index (χ0n) is 19.6. The van der Waals surface area contributed by atoms with Gasteiger partial charge in [-0.05, 0) is 5.92 Å². The molecule has 0 unspecified atom stereocenters. The van der Waals surface area contributed by atoms with E-state index in [0.717, 1.165) is 5.92 Å². The van der Waals surface area contributed by atoms with Crippen LogP contribution in [0.3, 0.4) is 0 Å². The van der Waals surface area contributed by atoms with E-state index < -0.39 is 96.8 Å². The molecule has 0 spiro atoms. The standard InChI is InChI=1S/C18H8F26/c1-2-3-6(4-7(19,20)9(23,24)11(27,28)13(31,32)15(35,36)17(39,40)41)5-8(21,22)10(25,26)12(29,30)14(33,34)16(37,38)18(42,43)44/h1,6H,3-5H2. The maximum atomic E-state index is 14.0. The highest BCUT2D eigenvalue weighted by Crippen LogP contribution is 2.63. The summed E-state index contributed by atoms with van der Waals surface area (Å²) in [4.78, 5) is 0. The lowest BCUT2D eigenvalue weighted by Gasteiger charge is -2.41. The molecule has 0 fully saturated rings. The molecule has 0 saturated heterocycles. The van der Waals surface area contributed by atoms with Gasteiger partial charge in [0, 0.05) is 19.3 Å². The van der Waals surface area contributed by atoms with Crippen molar-refractivity contribution < 1.29 is 114 Å². The number of alkyl halides is 26. The van der Waals surface area contributed by atoms with Gasteiger partial charge in [-0.3, -0.25) is 0 Å². The monoisotopic (exact) mass is 718 g/mol. The van der Waals surface area contributed by atoms with Crippen molar-refractivity contribution in [2.24, 2.45) is 5.92 Å². The van der Waals surface area contributed by atoms with Gasteiger partial charge < -0.3 is 0 Å². The molecule has 0 aromatic heterocycles. The number of rotatable bonds is 13. The SMILES string of the molecule is C#CCC(CC(F)(F)C(F)(F)C(F)(F)C(F)(F)C(F)(F)C(F)(F)F)CC(F)(F)C(F)(F)C(F)(F)C(F)(F)C(F)(F)C(F)(F)F. The molecule has 0 bridgehead atoms. The van der Waals surface area contributed by atoms with Crippen LogP contribution in [0.2, 0.25) is 0 Å². The summed E-state index contributed by atoms with van der Waals surface area (Å²) in [6.45, 7) is 0. The van der Waals surface area contributed by atoms with Crippen LogP contribution in [0, 0.1) is 18.3 Å². The molecular weight excluding hydrogens is 710 g/mol. The van der Waals surface area contributed by atoms with Crippen molar-refractivity contribution in [2.75, 3.05) is 0 Å². The van der Waals surface area contributed by atoms with Crippen LogP contribution < -0.4 is 0 Å². The Morgan fingerprint density at radius 1 is 0.341 bits per heavy atom. The normalized spacial score (nSPS) is 16.4. The summed E-state index contributed by atoms with van der Waals surface area (Å²) >= 11 is 0. The highest BCUT2D eigenvalue weighted by Gasteiger charge is 2.92. The summed E-state index contributed by atoms with van der Waals surface area (Å²) in [6, 6.07) is 0. The fourth-order valence-electron chi connectivity index (χ4n) is 2.97. The third-order valence-corrected chi connectivity index (χ3v) is 5.49. The van der Waals surface area contributed by atoms with Gasteiger partial charge in [-0.25, -0.2) is 0 Å². The average Bonchev–Trinajstić information content (AvgIpc) is 2.75. The fraction of sp³-hybridized carbons (Fsp3) is 0.889. The number of hydrogen-bond acceptors (Lipinski definition) is 0. The lowest BCUT2D eigenvalue weighted by molar-refractivity contribution is -0.442. The Morgan fingerprint density at radius 3 is 0.727 bits per heavy atom. The molecule has 0 aliphatic heterocycles. The van der Waals surface area contributed by atoms with Crippen LogP contribution in [-0.4, -0.2) is 71.6 Å². The van der Waals surface area contributed by atoms with Crippen LogP contribution in [0.5, 0.6) is 0 Å². The van der Waals surface area contributed by atoms with Crippen molar-refractivity contribution in [3.8, 4) is 12.3 Å². The number of halogens is 26. The quantitative estimate of drug-likeness (QED) is 0.132. The molecule has 0 amide bonds. The first-order valence-electron chi connectivity index (χ1n) is 9.99. The van der Waals surface area contributed by atoms with E-state index in [1.807, 2.05) is 0 Å². The molecule has 0 aromatic carbocycles. The van der Waals surface area contributed by atoms with E-state index in [1.165, 1.54) is 0 Å². The molecule has 0 rings (SSSR count). The Balaban J connectivity index is 6.81. The molecule has 262 valence electrons. The zero-order valence-corrected chi connectivity index (χ0v) is 19.6. The third-order valence-electron chi connectivity index (χ3n) is 5.49. The first-order chi connectivity index (χ1) is 18.6.